The van der Waals surface area contributed by atoms with Gasteiger partial charge in [-0.3, -0.25) is 0 Å². The van der Waals surface area contributed by atoms with Crippen LogP contribution in [0.5, 0.6) is 0 Å². The minimum absolute atomic E-state index is 0.992. The molecule has 1 rings (SSSR count). The third kappa shape index (κ3) is 6.83. The van der Waals surface area contributed by atoms with E-state index in [-0.39, 0.29) is 0 Å². The summed E-state index contributed by atoms with van der Waals surface area (Å²) in [7, 11) is 0. The van der Waals surface area contributed by atoms with Gasteiger partial charge in [-0.1, -0.05) is 20.8 Å². The summed E-state index contributed by atoms with van der Waals surface area (Å²) in [5.41, 5.74) is 1.36. The highest BCUT2D eigenvalue weighted by Gasteiger charge is 2.00. The Labute approximate surface area is 122 Å². The Morgan fingerprint density at radius 1 is 1.26 bits per heavy atom. The largest absolute Gasteiger partial charge is 0.370 e. The number of nitrogens with one attached hydrogen (secondary N) is 1. The molecule has 0 saturated carbocycles. The number of thioether (sulfide) groups is 1. The van der Waals surface area contributed by atoms with Crippen LogP contribution in [0, 0.1) is 0 Å². The van der Waals surface area contributed by atoms with Gasteiger partial charge in [0.2, 0.25) is 0 Å². The highest BCUT2D eigenvalue weighted by Crippen LogP contribution is 2.14. The summed E-state index contributed by atoms with van der Waals surface area (Å²) in [4.78, 5) is 6.80. The zero-order valence-electron chi connectivity index (χ0n) is 12.5. The molecule has 0 aromatic carbocycles. The van der Waals surface area contributed by atoms with Crippen molar-refractivity contribution in [3.05, 3.63) is 23.9 Å². The molecule has 0 radical (unpaired) electrons. The summed E-state index contributed by atoms with van der Waals surface area (Å²) in [6.07, 6.45) is 3.03. The summed E-state index contributed by atoms with van der Waals surface area (Å²) in [6.45, 7) is 11.1. The van der Waals surface area contributed by atoms with Gasteiger partial charge in [-0.05, 0) is 37.2 Å². The van der Waals surface area contributed by atoms with Crippen LogP contribution in [-0.4, -0.2) is 41.8 Å². The highest BCUT2D eigenvalue weighted by molar-refractivity contribution is 7.98. The van der Waals surface area contributed by atoms with Crippen molar-refractivity contribution in [3.63, 3.8) is 0 Å². The van der Waals surface area contributed by atoms with E-state index < -0.39 is 0 Å². The molecule has 0 aliphatic carbocycles. The molecule has 0 spiro atoms. The maximum atomic E-state index is 4.33. The monoisotopic (exact) mass is 281 g/mol. The minimum Gasteiger partial charge on any atom is -0.370 e. The van der Waals surface area contributed by atoms with Gasteiger partial charge in [-0.25, -0.2) is 4.98 Å². The molecule has 0 aliphatic heterocycles. The van der Waals surface area contributed by atoms with Crippen LogP contribution < -0.4 is 5.32 Å². The first kappa shape index (κ1) is 16.3. The predicted molar refractivity (Wildman–Crippen MR) is 87.0 cm³/mol. The highest BCUT2D eigenvalue weighted by atomic mass is 32.2. The molecular formula is C15H27N3S. The van der Waals surface area contributed by atoms with E-state index in [1.807, 2.05) is 18.0 Å². The number of pyridine rings is 1. The molecule has 0 unspecified atom stereocenters. The van der Waals surface area contributed by atoms with Crippen molar-refractivity contribution in [1.29, 1.82) is 0 Å². The lowest BCUT2D eigenvalue weighted by Crippen LogP contribution is -2.25. The topological polar surface area (TPSA) is 28.2 Å². The average molecular weight is 281 g/mol. The maximum Gasteiger partial charge on any atom is 0.126 e. The normalized spacial score (nSPS) is 10.9. The fourth-order valence-corrected chi connectivity index (χ4v) is 2.78. The van der Waals surface area contributed by atoms with Crippen LogP contribution >= 0.6 is 11.8 Å². The molecule has 1 N–H and O–H groups in total. The molecule has 0 aliphatic rings. The minimum atomic E-state index is 0.992. The summed E-state index contributed by atoms with van der Waals surface area (Å²) < 4.78 is 0. The first-order valence-electron chi connectivity index (χ1n) is 7.29. The molecule has 0 fully saturated rings. The molecule has 1 aromatic heterocycles. The van der Waals surface area contributed by atoms with Gasteiger partial charge in [0.25, 0.3) is 0 Å². The summed E-state index contributed by atoms with van der Waals surface area (Å²) in [6, 6.07) is 4.28. The number of hydrogen-bond donors (Lipinski definition) is 1. The number of anilines is 1. The Bertz CT molecular complexity index is 340. The Balaban J connectivity index is 2.28. The van der Waals surface area contributed by atoms with Gasteiger partial charge in [-0.15, -0.1) is 0 Å². The third-order valence-electron chi connectivity index (χ3n) is 3.10. The number of rotatable bonds is 10. The van der Waals surface area contributed by atoms with E-state index in [2.05, 4.69) is 48.1 Å². The fourth-order valence-electron chi connectivity index (χ4n) is 1.84. The standard InChI is InChI=1S/C15H27N3S/c1-4-8-16-15-12-14(7-9-17-15)13-19-11-10-18(5-2)6-3/h7,9,12H,4-6,8,10-11,13H2,1-3H3,(H,16,17). The lowest BCUT2D eigenvalue weighted by Gasteiger charge is -2.17. The zero-order chi connectivity index (χ0) is 13.9. The van der Waals surface area contributed by atoms with Gasteiger partial charge in [0.1, 0.15) is 5.82 Å². The van der Waals surface area contributed by atoms with E-state index in [4.69, 9.17) is 0 Å². The van der Waals surface area contributed by atoms with E-state index >= 15 is 0 Å². The number of nitrogens with zero attached hydrogens (tertiary/aromatic N) is 2. The lowest BCUT2D eigenvalue weighted by molar-refractivity contribution is 0.324. The first-order valence-corrected chi connectivity index (χ1v) is 8.44. The molecular weight excluding hydrogens is 254 g/mol. The van der Waals surface area contributed by atoms with Crippen molar-refractivity contribution < 1.29 is 0 Å². The van der Waals surface area contributed by atoms with Crippen LogP contribution in [0.3, 0.4) is 0 Å². The van der Waals surface area contributed by atoms with E-state index in [0.717, 1.165) is 37.6 Å². The number of aromatic nitrogens is 1. The van der Waals surface area contributed by atoms with Gasteiger partial charge in [0, 0.05) is 30.8 Å². The van der Waals surface area contributed by atoms with Crippen LogP contribution in [0.15, 0.2) is 18.3 Å². The fraction of sp³-hybridized carbons (Fsp3) is 0.667. The van der Waals surface area contributed by atoms with E-state index in [0.29, 0.717) is 0 Å². The van der Waals surface area contributed by atoms with Crippen molar-refractivity contribution in [2.45, 2.75) is 32.9 Å². The molecule has 3 nitrogen and oxygen atoms in total. The molecule has 0 atom stereocenters. The summed E-state index contributed by atoms with van der Waals surface area (Å²) in [5.74, 6) is 3.27. The molecule has 0 saturated heterocycles. The van der Waals surface area contributed by atoms with Crippen LogP contribution in [0.25, 0.3) is 0 Å². The van der Waals surface area contributed by atoms with Gasteiger partial charge in [0.15, 0.2) is 0 Å². The van der Waals surface area contributed by atoms with Crippen molar-refractivity contribution in [2.24, 2.45) is 0 Å². The second kappa shape index (κ2) is 10.1. The van der Waals surface area contributed by atoms with Crippen molar-refractivity contribution in [2.75, 3.05) is 37.2 Å². The van der Waals surface area contributed by atoms with Crippen molar-refractivity contribution in [3.8, 4) is 0 Å². The van der Waals surface area contributed by atoms with Gasteiger partial charge < -0.3 is 10.2 Å². The van der Waals surface area contributed by atoms with Crippen LogP contribution in [-0.2, 0) is 5.75 Å². The number of hydrogen-bond acceptors (Lipinski definition) is 4. The second-order valence-electron chi connectivity index (χ2n) is 4.56. The van der Waals surface area contributed by atoms with Gasteiger partial charge in [0.05, 0.1) is 0 Å². The van der Waals surface area contributed by atoms with Crippen LogP contribution in [0.2, 0.25) is 0 Å². The molecule has 1 aromatic rings. The van der Waals surface area contributed by atoms with E-state index in [1.165, 1.54) is 17.9 Å². The van der Waals surface area contributed by atoms with Crippen LogP contribution in [0.1, 0.15) is 32.8 Å². The van der Waals surface area contributed by atoms with Crippen LogP contribution in [0.4, 0.5) is 5.82 Å². The quantitative estimate of drug-likeness (QED) is 0.665. The SMILES string of the molecule is CCCNc1cc(CSCCN(CC)CC)ccn1. The summed E-state index contributed by atoms with van der Waals surface area (Å²) >= 11 is 2.00. The summed E-state index contributed by atoms with van der Waals surface area (Å²) in [5, 5.41) is 3.33. The second-order valence-corrected chi connectivity index (χ2v) is 5.66. The molecule has 0 bridgehead atoms. The average Bonchev–Trinajstić information content (AvgIpc) is 2.46. The maximum absolute atomic E-state index is 4.33. The van der Waals surface area contributed by atoms with E-state index in [1.54, 1.807) is 0 Å². The van der Waals surface area contributed by atoms with E-state index in [9.17, 15) is 0 Å². The van der Waals surface area contributed by atoms with Crippen molar-refractivity contribution in [1.82, 2.24) is 9.88 Å². The smallest absolute Gasteiger partial charge is 0.126 e. The molecule has 1 heterocycles. The van der Waals surface area contributed by atoms with Gasteiger partial charge >= 0.3 is 0 Å². The zero-order valence-corrected chi connectivity index (χ0v) is 13.3. The molecule has 108 valence electrons. The molecule has 4 heteroatoms. The molecule has 19 heavy (non-hydrogen) atoms. The Morgan fingerprint density at radius 2 is 2.05 bits per heavy atom. The Morgan fingerprint density at radius 3 is 2.74 bits per heavy atom. The molecule has 0 amide bonds. The van der Waals surface area contributed by atoms with Gasteiger partial charge in [-0.2, -0.15) is 11.8 Å². The van der Waals surface area contributed by atoms with Crippen molar-refractivity contribution >= 4 is 17.6 Å². The first-order chi connectivity index (χ1) is 9.30. The lowest BCUT2D eigenvalue weighted by atomic mass is 10.3. The Hall–Kier alpha value is -0.740. The predicted octanol–water partition coefficient (Wildman–Crippen LogP) is 3.48. The third-order valence-corrected chi connectivity index (χ3v) is 4.10. The Kier molecular flexibility index (Phi) is 8.67.